The first-order chi connectivity index (χ1) is 12.0. The lowest BCUT2D eigenvalue weighted by Gasteiger charge is -2.25. The topological polar surface area (TPSA) is 106 Å². The molecule has 1 amide bonds. The second-order valence-corrected chi connectivity index (χ2v) is 7.29. The highest BCUT2D eigenvalue weighted by Gasteiger charge is 2.31. The quantitative estimate of drug-likeness (QED) is 0.581. The molecule has 0 radical (unpaired) electrons. The molecule has 5 N–H and O–H groups in total. The van der Waals surface area contributed by atoms with Crippen molar-refractivity contribution in [2.45, 2.75) is 52.0 Å². The molecule has 0 unspecified atom stereocenters. The van der Waals surface area contributed by atoms with Gasteiger partial charge in [0.1, 0.15) is 6.04 Å². The standard InChI is InChI=1S/C19H27N5O/c1-11(2)16-18(25)23-15-9-8-13(22-19(20)21)10-14(15)17(24-16)12-6-4-3-5-7-12/h8-12,16H,3-7H2,1-2H3,(H,23,25)(H4,20,21,22)/t16-/m0/s1. The van der Waals surface area contributed by atoms with Crippen LogP contribution in [0.5, 0.6) is 0 Å². The molecule has 1 aliphatic heterocycles. The maximum atomic E-state index is 12.6. The molecule has 1 saturated carbocycles. The highest BCUT2D eigenvalue weighted by molar-refractivity contribution is 6.13. The van der Waals surface area contributed by atoms with E-state index < -0.39 is 0 Å². The number of carbonyl (C=O) groups excluding carboxylic acids is 1. The van der Waals surface area contributed by atoms with Crippen LogP contribution in [0, 0.1) is 11.8 Å². The van der Waals surface area contributed by atoms with Crippen LogP contribution >= 0.6 is 0 Å². The summed E-state index contributed by atoms with van der Waals surface area (Å²) in [6.45, 7) is 4.07. The lowest BCUT2D eigenvalue weighted by molar-refractivity contribution is -0.118. The van der Waals surface area contributed by atoms with E-state index in [0.717, 1.165) is 29.8 Å². The van der Waals surface area contributed by atoms with Gasteiger partial charge in [0.25, 0.3) is 0 Å². The van der Waals surface area contributed by atoms with Gasteiger partial charge < -0.3 is 16.8 Å². The summed E-state index contributed by atoms with van der Waals surface area (Å²) in [5.74, 6) is 0.506. The first kappa shape index (κ1) is 17.5. The van der Waals surface area contributed by atoms with E-state index in [4.69, 9.17) is 16.5 Å². The van der Waals surface area contributed by atoms with Gasteiger partial charge in [0.05, 0.1) is 11.4 Å². The van der Waals surface area contributed by atoms with Crippen molar-refractivity contribution in [3.63, 3.8) is 0 Å². The fraction of sp³-hybridized carbons (Fsp3) is 0.526. The number of fused-ring (bicyclic) bond motifs is 1. The molecule has 1 aromatic carbocycles. The summed E-state index contributed by atoms with van der Waals surface area (Å²) < 4.78 is 0. The Balaban J connectivity index is 2.11. The third-order valence-electron chi connectivity index (χ3n) is 4.97. The molecule has 3 rings (SSSR count). The number of amides is 1. The number of carbonyl (C=O) groups is 1. The summed E-state index contributed by atoms with van der Waals surface area (Å²) in [6, 6.07) is 5.25. The van der Waals surface area contributed by atoms with Crippen molar-refractivity contribution in [2.75, 3.05) is 5.32 Å². The van der Waals surface area contributed by atoms with Gasteiger partial charge in [-0.2, -0.15) is 0 Å². The Labute approximate surface area is 148 Å². The molecule has 1 heterocycles. The molecule has 1 aliphatic carbocycles. The Morgan fingerprint density at radius 3 is 2.60 bits per heavy atom. The van der Waals surface area contributed by atoms with Gasteiger partial charge in [0, 0.05) is 17.2 Å². The Hall–Kier alpha value is -2.37. The molecular weight excluding hydrogens is 314 g/mol. The molecule has 0 saturated heterocycles. The molecule has 1 fully saturated rings. The summed E-state index contributed by atoms with van der Waals surface area (Å²) in [5.41, 5.74) is 14.5. The number of hydrogen-bond donors (Lipinski definition) is 3. The number of anilines is 1. The zero-order valence-electron chi connectivity index (χ0n) is 15.0. The van der Waals surface area contributed by atoms with E-state index in [1.807, 2.05) is 32.0 Å². The van der Waals surface area contributed by atoms with Gasteiger partial charge in [0.15, 0.2) is 5.96 Å². The van der Waals surface area contributed by atoms with E-state index >= 15 is 0 Å². The number of nitrogens with one attached hydrogen (secondary N) is 1. The predicted molar refractivity (Wildman–Crippen MR) is 102 cm³/mol. The molecule has 134 valence electrons. The maximum Gasteiger partial charge on any atom is 0.249 e. The Morgan fingerprint density at radius 1 is 1.24 bits per heavy atom. The van der Waals surface area contributed by atoms with Crippen molar-refractivity contribution in [1.29, 1.82) is 0 Å². The fourth-order valence-corrected chi connectivity index (χ4v) is 3.71. The third kappa shape index (κ3) is 3.83. The highest BCUT2D eigenvalue weighted by atomic mass is 16.2. The fourth-order valence-electron chi connectivity index (χ4n) is 3.71. The normalized spacial score (nSPS) is 21.2. The van der Waals surface area contributed by atoms with E-state index in [2.05, 4.69) is 10.3 Å². The minimum atomic E-state index is -0.365. The summed E-state index contributed by atoms with van der Waals surface area (Å²) >= 11 is 0. The zero-order valence-corrected chi connectivity index (χ0v) is 15.0. The van der Waals surface area contributed by atoms with Gasteiger partial charge in [-0.1, -0.05) is 33.1 Å². The van der Waals surface area contributed by atoms with Crippen LogP contribution in [0.25, 0.3) is 0 Å². The van der Waals surface area contributed by atoms with Crippen LogP contribution < -0.4 is 16.8 Å². The minimum Gasteiger partial charge on any atom is -0.370 e. The summed E-state index contributed by atoms with van der Waals surface area (Å²) in [5, 5.41) is 3.04. The molecule has 1 aromatic rings. The van der Waals surface area contributed by atoms with Gasteiger partial charge in [0.2, 0.25) is 5.91 Å². The molecule has 0 spiro atoms. The lowest BCUT2D eigenvalue weighted by Crippen LogP contribution is -2.30. The highest BCUT2D eigenvalue weighted by Crippen LogP contribution is 2.34. The largest absolute Gasteiger partial charge is 0.370 e. The predicted octanol–water partition coefficient (Wildman–Crippen LogP) is 2.94. The van der Waals surface area contributed by atoms with Gasteiger partial charge in [-0.15, -0.1) is 0 Å². The number of benzene rings is 1. The number of benzodiazepines with no additional fused rings is 1. The molecule has 6 nitrogen and oxygen atoms in total. The summed E-state index contributed by atoms with van der Waals surface area (Å²) in [7, 11) is 0. The van der Waals surface area contributed by atoms with E-state index in [0.29, 0.717) is 11.6 Å². The van der Waals surface area contributed by atoms with Crippen molar-refractivity contribution in [3.05, 3.63) is 23.8 Å². The van der Waals surface area contributed by atoms with Crippen molar-refractivity contribution in [3.8, 4) is 0 Å². The number of nitrogens with zero attached hydrogens (tertiary/aromatic N) is 2. The average Bonchev–Trinajstić information content (AvgIpc) is 2.71. The van der Waals surface area contributed by atoms with E-state index in [-0.39, 0.29) is 23.8 Å². The van der Waals surface area contributed by atoms with E-state index in [9.17, 15) is 4.79 Å². The van der Waals surface area contributed by atoms with Gasteiger partial charge in [-0.3, -0.25) is 9.79 Å². The molecule has 0 bridgehead atoms. The number of hydrogen-bond acceptors (Lipinski definition) is 3. The van der Waals surface area contributed by atoms with Crippen LogP contribution in [-0.2, 0) is 4.79 Å². The van der Waals surface area contributed by atoms with E-state index in [1.165, 1.54) is 19.3 Å². The van der Waals surface area contributed by atoms with Crippen LogP contribution in [0.4, 0.5) is 11.4 Å². The zero-order chi connectivity index (χ0) is 18.0. The summed E-state index contributed by atoms with van der Waals surface area (Å²) in [4.78, 5) is 21.7. The van der Waals surface area contributed by atoms with Crippen molar-refractivity contribution in [2.24, 2.45) is 33.3 Å². The maximum absolute atomic E-state index is 12.6. The number of nitrogens with two attached hydrogens (primary N) is 2. The average molecular weight is 341 g/mol. The van der Waals surface area contributed by atoms with Crippen LogP contribution in [0.15, 0.2) is 28.2 Å². The smallest absolute Gasteiger partial charge is 0.249 e. The van der Waals surface area contributed by atoms with Crippen molar-refractivity contribution in [1.82, 2.24) is 0 Å². The Morgan fingerprint density at radius 2 is 1.96 bits per heavy atom. The first-order valence-electron chi connectivity index (χ1n) is 9.08. The second kappa shape index (κ2) is 7.25. The van der Waals surface area contributed by atoms with Crippen LogP contribution in [0.2, 0.25) is 0 Å². The molecule has 2 aliphatic rings. The minimum absolute atomic E-state index is 0.0221. The number of aliphatic imine (C=N–C) groups is 2. The van der Waals surface area contributed by atoms with Crippen LogP contribution in [-0.4, -0.2) is 23.6 Å². The second-order valence-electron chi connectivity index (χ2n) is 7.29. The van der Waals surface area contributed by atoms with Crippen LogP contribution in [0.3, 0.4) is 0 Å². The third-order valence-corrected chi connectivity index (χ3v) is 4.97. The molecule has 1 atom stereocenters. The monoisotopic (exact) mass is 341 g/mol. The molecule has 25 heavy (non-hydrogen) atoms. The number of guanidine groups is 1. The van der Waals surface area contributed by atoms with Crippen molar-refractivity contribution >= 4 is 29.0 Å². The summed E-state index contributed by atoms with van der Waals surface area (Å²) in [6.07, 6.45) is 5.92. The first-order valence-corrected chi connectivity index (χ1v) is 9.08. The van der Waals surface area contributed by atoms with Crippen molar-refractivity contribution < 1.29 is 4.79 Å². The molecule has 0 aromatic heterocycles. The van der Waals surface area contributed by atoms with E-state index in [1.54, 1.807) is 0 Å². The Bertz CT molecular complexity index is 713. The lowest BCUT2D eigenvalue weighted by atomic mass is 9.82. The van der Waals surface area contributed by atoms with Crippen LogP contribution in [0.1, 0.15) is 51.5 Å². The molecule has 6 heteroatoms. The van der Waals surface area contributed by atoms with Gasteiger partial charge >= 0.3 is 0 Å². The Kier molecular flexibility index (Phi) is 5.06. The van der Waals surface area contributed by atoms with Gasteiger partial charge in [-0.25, -0.2) is 4.99 Å². The molecular formula is C19H27N5O. The van der Waals surface area contributed by atoms with Gasteiger partial charge in [-0.05, 0) is 37.0 Å². The number of rotatable bonds is 3. The SMILES string of the molecule is CC(C)[C@@H]1N=C(C2CCCCC2)c2cc(N=C(N)N)ccc2NC1=O.